The van der Waals surface area contributed by atoms with Gasteiger partial charge in [0.2, 0.25) is 0 Å². The first-order chi connectivity index (χ1) is 7.76. The predicted molar refractivity (Wildman–Crippen MR) is 69.8 cm³/mol. The maximum absolute atomic E-state index is 5.72. The van der Waals surface area contributed by atoms with Gasteiger partial charge < -0.3 is 10.1 Å². The van der Waals surface area contributed by atoms with Crippen LogP contribution in [0, 0.1) is 0 Å². The lowest BCUT2D eigenvalue weighted by Gasteiger charge is -2.43. The minimum Gasteiger partial charge on any atom is -0.378 e. The van der Waals surface area contributed by atoms with E-state index in [2.05, 4.69) is 19.2 Å². The molecule has 0 spiro atoms. The van der Waals surface area contributed by atoms with E-state index < -0.39 is 0 Å². The van der Waals surface area contributed by atoms with Crippen LogP contribution in [0.1, 0.15) is 65.2 Å². The average molecular weight is 227 g/mol. The Bertz CT molecular complexity index is 172. The van der Waals surface area contributed by atoms with E-state index in [0.717, 1.165) is 6.54 Å². The molecule has 0 amide bonds. The van der Waals surface area contributed by atoms with Gasteiger partial charge in [0.15, 0.2) is 0 Å². The fourth-order valence-electron chi connectivity index (χ4n) is 2.72. The zero-order valence-corrected chi connectivity index (χ0v) is 11.3. The maximum Gasteiger partial charge on any atom is 0.0693 e. The second-order valence-corrected chi connectivity index (χ2v) is 5.20. The fourth-order valence-corrected chi connectivity index (χ4v) is 2.72. The van der Waals surface area contributed by atoms with Crippen LogP contribution in [0.2, 0.25) is 0 Å². The van der Waals surface area contributed by atoms with Crippen LogP contribution in [0.4, 0.5) is 0 Å². The van der Waals surface area contributed by atoms with Crippen molar-refractivity contribution in [2.45, 2.75) is 76.9 Å². The highest BCUT2D eigenvalue weighted by Crippen LogP contribution is 2.39. The van der Waals surface area contributed by atoms with E-state index in [0.29, 0.717) is 6.04 Å². The van der Waals surface area contributed by atoms with Crippen molar-refractivity contribution in [2.24, 2.45) is 0 Å². The summed E-state index contributed by atoms with van der Waals surface area (Å²) < 4.78 is 5.72. The molecule has 1 N–H and O–H groups in total. The summed E-state index contributed by atoms with van der Waals surface area (Å²) in [4.78, 5) is 0. The molecule has 0 radical (unpaired) electrons. The van der Waals surface area contributed by atoms with Gasteiger partial charge in [-0.3, -0.25) is 0 Å². The summed E-state index contributed by atoms with van der Waals surface area (Å²) in [7, 11) is 1.88. The topological polar surface area (TPSA) is 21.3 Å². The lowest BCUT2D eigenvalue weighted by Crippen LogP contribution is -2.45. The highest BCUT2D eigenvalue weighted by molar-refractivity contribution is 4.93. The molecule has 1 atom stereocenters. The minimum atomic E-state index is 0.221. The van der Waals surface area contributed by atoms with Crippen LogP contribution in [0.25, 0.3) is 0 Å². The molecule has 0 aliphatic heterocycles. The van der Waals surface area contributed by atoms with Gasteiger partial charge in [0, 0.05) is 13.2 Å². The molecule has 1 aliphatic rings. The van der Waals surface area contributed by atoms with Gasteiger partial charge in [0.05, 0.1) is 5.60 Å². The summed E-state index contributed by atoms with van der Waals surface area (Å²) >= 11 is 0. The van der Waals surface area contributed by atoms with Crippen molar-refractivity contribution in [3.63, 3.8) is 0 Å². The van der Waals surface area contributed by atoms with Crippen LogP contribution in [0.5, 0.6) is 0 Å². The number of rotatable bonds is 9. The van der Waals surface area contributed by atoms with Gasteiger partial charge in [-0.15, -0.1) is 0 Å². The van der Waals surface area contributed by atoms with Crippen molar-refractivity contribution in [2.75, 3.05) is 13.7 Å². The van der Waals surface area contributed by atoms with Crippen LogP contribution in [0.3, 0.4) is 0 Å². The van der Waals surface area contributed by atoms with Gasteiger partial charge >= 0.3 is 0 Å². The summed E-state index contributed by atoms with van der Waals surface area (Å²) in [5, 5.41) is 3.62. The molecule has 2 heteroatoms. The van der Waals surface area contributed by atoms with Gasteiger partial charge in [-0.05, 0) is 38.6 Å². The first-order valence-electron chi connectivity index (χ1n) is 7.05. The van der Waals surface area contributed by atoms with Crippen LogP contribution < -0.4 is 5.32 Å². The van der Waals surface area contributed by atoms with Crippen molar-refractivity contribution in [1.82, 2.24) is 5.32 Å². The zero-order chi connectivity index (χ0) is 11.9. The van der Waals surface area contributed by atoms with Crippen molar-refractivity contribution in [3.8, 4) is 0 Å². The van der Waals surface area contributed by atoms with Crippen molar-refractivity contribution in [3.05, 3.63) is 0 Å². The van der Waals surface area contributed by atoms with Crippen molar-refractivity contribution >= 4 is 0 Å². The molecule has 16 heavy (non-hydrogen) atoms. The Balaban J connectivity index is 2.31. The molecule has 0 heterocycles. The Morgan fingerprint density at radius 2 is 2.00 bits per heavy atom. The van der Waals surface area contributed by atoms with Gasteiger partial charge in [0.1, 0.15) is 0 Å². The Morgan fingerprint density at radius 1 is 1.25 bits per heavy atom. The lowest BCUT2D eigenvalue weighted by atomic mass is 9.75. The largest absolute Gasteiger partial charge is 0.378 e. The second-order valence-electron chi connectivity index (χ2n) is 5.20. The monoisotopic (exact) mass is 227 g/mol. The number of unbranched alkanes of at least 4 members (excludes halogenated alkanes) is 2. The standard InChI is InChI=1S/C14H29NO/c1-4-6-7-9-13(15-5-2)12-14(16-3)10-8-11-14/h13,15H,4-12H2,1-3H3. The molecule has 0 aromatic heterocycles. The molecule has 0 saturated heterocycles. The third kappa shape index (κ3) is 4.06. The first-order valence-corrected chi connectivity index (χ1v) is 7.05. The van der Waals surface area contributed by atoms with Gasteiger partial charge in [-0.2, -0.15) is 0 Å². The van der Waals surface area contributed by atoms with Gasteiger partial charge in [-0.25, -0.2) is 0 Å². The number of methoxy groups -OCH3 is 1. The van der Waals surface area contributed by atoms with E-state index in [1.165, 1.54) is 51.4 Å². The maximum atomic E-state index is 5.72. The smallest absolute Gasteiger partial charge is 0.0693 e. The van der Waals surface area contributed by atoms with Crippen molar-refractivity contribution in [1.29, 1.82) is 0 Å². The number of hydrogen-bond donors (Lipinski definition) is 1. The number of hydrogen-bond acceptors (Lipinski definition) is 2. The SMILES string of the molecule is CCCCCC(CC1(OC)CCC1)NCC. The summed E-state index contributed by atoms with van der Waals surface area (Å²) in [5.74, 6) is 0. The summed E-state index contributed by atoms with van der Waals surface area (Å²) in [6.07, 6.45) is 10.4. The summed E-state index contributed by atoms with van der Waals surface area (Å²) in [6.45, 7) is 5.55. The molecule has 96 valence electrons. The highest BCUT2D eigenvalue weighted by atomic mass is 16.5. The fraction of sp³-hybridized carbons (Fsp3) is 1.00. The number of nitrogens with one attached hydrogen (secondary N) is 1. The Morgan fingerprint density at radius 3 is 2.44 bits per heavy atom. The van der Waals surface area contributed by atoms with E-state index in [1.807, 2.05) is 7.11 Å². The van der Waals surface area contributed by atoms with Crippen LogP contribution >= 0.6 is 0 Å². The van der Waals surface area contributed by atoms with Crippen molar-refractivity contribution < 1.29 is 4.74 Å². The average Bonchev–Trinajstić information content (AvgIpc) is 2.23. The summed E-state index contributed by atoms with van der Waals surface area (Å²) in [5.41, 5.74) is 0.221. The van der Waals surface area contributed by atoms with E-state index in [-0.39, 0.29) is 5.60 Å². The zero-order valence-electron chi connectivity index (χ0n) is 11.3. The molecule has 0 aromatic rings. The molecular formula is C14H29NO. The van der Waals surface area contributed by atoms with Crippen LogP contribution in [0.15, 0.2) is 0 Å². The predicted octanol–water partition coefficient (Wildman–Crippen LogP) is 3.50. The lowest BCUT2D eigenvalue weighted by molar-refractivity contribution is -0.0839. The van der Waals surface area contributed by atoms with E-state index in [9.17, 15) is 0 Å². The Hall–Kier alpha value is -0.0800. The molecule has 2 nitrogen and oxygen atoms in total. The van der Waals surface area contributed by atoms with E-state index >= 15 is 0 Å². The molecule has 1 rings (SSSR count). The molecular weight excluding hydrogens is 198 g/mol. The minimum absolute atomic E-state index is 0.221. The normalized spacial score (nSPS) is 20.4. The number of ether oxygens (including phenoxy) is 1. The molecule has 0 bridgehead atoms. The molecule has 1 fully saturated rings. The van der Waals surface area contributed by atoms with Crippen LogP contribution in [-0.4, -0.2) is 25.3 Å². The quantitative estimate of drug-likeness (QED) is 0.609. The molecule has 1 unspecified atom stereocenters. The second kappa shape index (κ2) is 7.29. The van der Waals surface area contributed by atoms with Crippen LogP contribution in [-0.2, 0) is 4.74 Å². The summed E-state index contributed by atoms with van der Waals surface area (Å²) in [6, 6.07) is 0.664. The van der Waals surface area contributed by atoms with E-state index in [1.54, 1.807) is 0 Å². The molecule has 1 saturated carbocycles. The molecule has 0 aromatic carbocycles. The Kier molecular flexibility index (Phi) is 6.37. The first kappa shape index (κ1) is 14.0. The van der Waals surface area contributed by atoms with Gasteiger partial charge in [-0.1, -0.05) is 33.1 Å². The highest BCUT2D eigenvalue weighted by Gasteiger charge is 2.38. The third-order valence-corrected chi connectivity index (χ3v) is 3.97. The molecule has 1 aliphatic carbocycles. The van der Waals surface area contributed by atoms with Gasteiger partial charge in [0.25, 0.3) is 0 Å². The Labute approximate surface area is 101 Å². The van der Waals surface area contributed by atoms with E-state index in [4.69, 9.17) is 4.74 Å². The third-order valence-electron chi connectivity index (χ3n) is 3.97.